The van der Waals surface area contributed by atoms with Crippen LogP contribution in [0.1, 0.15) is 41.7 Å². The number of thiazole rings is 1. The van der Waals surface area contributed by atoms with E-state index < -0.39 is 6.04 Å². The van der Waals surface area contributed by atoms with Crippen LogP contribution < -0.4 is 20.2 Å². The zero-order valence-electron chi connectivity index (χ0n) is 19.9. The van der Waals surface area contributed by atoms with Crippen LogP contribution >= 0.6 is 22.7 Å². The maximum atomic E-state index is 13.8. The molecule has 0 spiro atoms. The molecule has 1 aliphatic heterocycles. The van der Waals surface area contributed by atoms with Crippen molar-refractivity contribution >= 4 is 40.3 Å². The summed E-state index contributed by atoms with van der Waals surface area (Å²) in [5.74, 6) is -0.263. The van der Waals surface area contributed by atoms with E-state index in [0.717, 1.165) is 28.4 Å². The summed E-state index contributed by atoms with van der Waals surface area (Å²) in [6.45, 7) is 8.60. The lowest BCUT2D eigenvalue weighted by Crippen LogP contribution is -2.40. The second-order valence-corrected chi connectivity index (χ2v) is 10.3. The fourth-order valence-corrected chi connectivity index (χ4v) is 6.26. The number of rotatable bonds is 5. The Balaban J connectivity index is 1.67. The van der Waals surface area contributed by atoms with E-state index in [-0.39, 0.29) is 11.5 Å². The van der Waals surface area contributed by atoms with E-state index >= 15 is 0 Å². The quantitative estimate of drug-likeness (QED) is 0.450. The van der Waals surface area contributed by atoms with Crippen LogP contribution in [0.25, 0.3) is 6.08 Å². The summed E-state index contributed by atoms with van der Waals surface area (Å²) in [5.41, 5.74) is 4.46. The molecule has 9 heteroatoms. The number of hydrogen-bond acceptors (Lipinski definition) is 6. The summed E-state index contributed by atoms with van der Waals surface area (Å²) in [6.07, 6.45) is 1.90. The molecule has 1 N–H and O–H groups in total. The van der Waals surface area contributed by atoms with E-state index in [1.807, 2.05) is 86.3 Å². The molecule has 0 aliphatic carbocycles. The van der Waals surface area contributed by atoms with Crippen LogP contribution in [0.5, 0.6) is 0 Å². The molecule has 178 valence electrons. The first-order chi connectivity index (χ1) is 16.9. The van der Waals surface area contributed by atoms with Gasteiger partial charge in [-0.2, -0.15) is 5.10 Å². The summed E-state index contributed by atoms with van der Waals surface area (Å²) >= 11 is 2.86. The molecule has 4 heterocycles. The van der Waals surface area contributed by atoms with Crippen LogP contribution in [0.4, 0.5) is 5.69 Å². The third-order valence-corrected chi connectivity index (χ3v) is 8.03. The van der Waals surface area contributed by atoms with Gasteiger partial charge in [0.1, 0.15) is 6.04 Å². The normalized spacial score (nSPS) is 15.8. The number of allylic oxidation sites excluding steroid dienone is 1. The average Bonchev–Trinajstić information content (AvgIpc) is 3.54. The molecule has 1 aromatic carbocycles. The van der Waals surface area contributed by atoms with Crippen molar-refractivity contribution in [2.75, 3.05) is 5.32 Å². The fraction of sp³-hybridized carbons (Fsp3) is 0.231. The standard InChI is InChI=1S/C26H25N5O2S2/c1-5-30-17(4)19(15(2)29-30)14-21-25(33)31-23(20-12-9-13-34-20)22(16(3)27-26(31)35-21)24(32)28-18-10-7-6-8-11-18/h6-14,23H,5H2,1-4H3,(H,28,32)/b21-14-/t23-/m0/s1. The topological polar surface area (TPSA) is 81.3 Å². The van der Waals surface area contributed by atoms with Gasteiger partial charge in [0.15, 0.2) is 4.80 Å². The minimum absolute atomic E-state index is 0.160. The zero-order valence-corrected chi connectivity index (χ0v) is 21.5. The van der Waals surface area contributed by atoms with E-state index in [4.69, 9.17) is 4.99 Å². The Morgan fingerprint density at radius 2 is 1.91 bits per heavy atom. The Morgan fingerprint density at radius 1 is 1.14 bits per heavy atom. The van der Waals surface area contributed by atoms with Crippen LogP contribution in [-0.2, 0) is 11.3 Å². The molecular formula is C26H25N5O2S2. The van der Waals surface area contributed by atoms with E-state index in [1.165, 1.54) is 22.7 Å². The predicted molar refractivity (Wildman–Crippen MR) is 141 cm³/mol. The second kappa shape index (κ2) is 9.24. The second-order valence-electron chi connectivity index (χ2n) is 8.32. The number of nitrogens with one attached hydrogen (secondary N) is 1. The number of aryl methyl sites for hydroxylation is 2. The molecule has 0 unspecified atom stereocenters. The highest BCUT2D eigenvalue weighted by Crippen LogP contribution is 2.33. The molecule has 3 aromatic heterocycles. The van der Waals surface area contributed by atoms with Crippen molar-refractivity contribution in [3.8, 4) is 0 Å². The zero-order chi connectivity index (χ0) is 24.7. The maximum absolute atomic E-state index is 13.8. The SMILES string of the molecule is CCn1nc(C)c(/C=c2\sc3n(c2=O)[C@@H](c2cccs2)C(C(=O)Nc2ccccc2)=C(C)N=3)c1C. The van der Waals surface area contributed by atoms with Crippen molar-refractivity contribution in [3.05, 3.63) is 101 Å². The van der Waals surface area contributed by atoms with Gasteiger partial charge in [0.2, 0.25) is 0 Å². The number of nitrogens with zero attached hydrogens (tertiary/aromatic N) is 4. The van der Waals surface area contributed by atoms with Crippen molar-refractivity contribution < 1.29 is 4.79 Å². The Hall–Kier alpha value is -3.56. The molecule has 7 nitrogen and oxygen atoms in total. The highest BCUT2D eigenvalue weighted by molar-refractivity contribution is 7.10. The lowest BCUT2D eigenvalue weighted by molar-refractivity contribution is -0.113. The molecule has 1 atom stereocenters. The lowest BCUT2D eigenvalue weighted by atomic mass is 10.0. The first-order valence-electron chi connectivity index (χ1n) is 11.4. The summed E-state index contributed by atoms with van der Waals surface area (Å²) in [7, 11) is 0. The largest absolute Gasteiger partial charge is 0.322 e. The van der Waals surface area contributed by atoms with Crippen LogP contribution in [0.3, 0.4) is 0 Å². The lowest BCUT2D eigenvalue weighted by Gasteiger charge is -2.24. The van der Waals surface area contributed by atoms with Gasteiger partial charge >= 0.3 is 0 Å². The molecule has 0 fully saturated rings. The molecule has 5 rings (SSSR count). The number of fused-ring (bicyclic) bond motifs is 1. The molecule has 0 saturated heterocycles. The van der Waals surface area contributed by atoms with Gasteiger partial charge < -0.3 is 5.32 Å². The summed E-state index contributed by atoms with van der Waals surface area (Å²) in [6, 6.07) is 12.7. The number of anilines is 1. The van der Waals surface area contributed by atoms with Crippen LogP contribution in [0, 0.1) is 13.8 Å². The van der Waals surface area contributed by atoms with Crippen molar-refractivity contribution in [1.29, 1.82) is 0 Å². The van der Waals surface area contributed by atoms with Gasteiger partial charge in [-0.05, 0) is 57.4 Å². The van der Waals surface area contributed by atoms with Gasteiger partial charge in [0.25, 0.3) is 11.5 Å². The third-order valence-electron chi connectivity index (χ3n) is 6.12. The van der Waals surface area contributed by atoms with Gasteiger partial charge in [-0.25, -0.2) is 4.99 Å². The van der Waals surface area contributed by atoms with Crippen molar-refractivity contribution in [2.45, 2.75) is 40.3 Å². The number of amides is 1. The summed E-state index contributed by atoms with van der Waals surface area (Å²) in [5, 5.41) is 9.51. The summed E-state index contributed by atoms with van der Waals surface area (Å²) < 4.78 is 4.16. The number of carbonyl (C=O) groups is 1. The van der Waals surface area contributed by atoms with Crippen LogP contribution in [0.15, 0.2) is 68.9 Å². The van der Waals surface area contributed by atoms with E-state index in [9.17, 15) is 9.59 Å². The van der Waals surface area contributed by atoms with E-state index in [2.05, 4.69) is 10.4 Å². The monoisotopic (exact) mass is 503 g/mol. The minimum Gasteiger partial charge on any atom is -0.322 e. The summed E-state index contributed by atoms with van der Waals surface area (Å²) in [4.78, 5) is 33.4. The highest BCUT2D eigenvalue weighted by atomic mass is 32.1. The van der Waals surface area contributed by atoms with E-state index in [0.29, 0.717) is 26.3 Å². The molecule has 0 saturated carbocycles. The third kappa shape index (κ3) is 4.11. The van der Waals surface area contributed by atoms with Gasteiger partial charge in [0, 0.05) is 28.4 Å². The Kier molecular flexibility index (Phi) is 6.12. The molecule has 1 aliphatic rings. The first-order valence-corrected chi connectivity index (χ1v) is 13.0. The smallest absolute Gasteiger partial charge is 0.271 e. The number of hydrogen-bond donors (Lipinski definition) is 1. The first kappa shape index (κ1) is 23.2. The number of thiophene rings is 1. The highest BCUT2D eigenvalue weighted by Gasteiger charge is 2.33. The Labute approximate surface area is 210 Å². The van der Waals surface area contributed by atoms with Crippen LogP contribution in [0.2, 0.25) is 0 Å². The number of benzene rings is 1. The van der Waals surface area contributed by atoms with Gasteiger partial charge in [-0.3, -0.25) is 18.8 Å². The minimum atomic E-state index is -0.544. The number of para-hydroxylation sites is 1. The maximum Gasteiger partial charge on any atom is 0.271 e. The molecule has 0 bridgehead atoms. The molecule has 4 aromatic rings. The van der Waals surface area contributed by atoms with Crippen molar-refractivity contribution in [3.63, 3.8) is 0 Å². The Bertz CT molecular complexity index is 1620. The predicted octanol–water partition coefficient (Wildman–Crippen LogP) is 3.77. The van der Waals surface area contributed by atoms with E-state index in [1.54, 1.807) is 4.57 Å². The number of aromatic nitrogens is 3. The van der Waals surface area contributed by atoms with Crippen molar-refractivity contribution in [2.24, 2.45) is 4.99 Å². The average molecular weight is 504 g/mol. The number of carbonyl (C=O) groups excluding carboxylic acids is 1. The van der Waals surface area contributed by atoms with Crippen LogP contribution in [-0.4, -0.2) is 20.3 Å². The molecular weight excluding hydrogens is 478 g/mol. The van der Waals surface area contributed by atoms with Gasteiger partial charge in [0.05, 0.1) is 21.5 Å². The van der Waals surface area contributed by atoms with Gasteiger partial charge in [-0.15, -0.1) is 11.3 Å². The van der Waals surface area contributed by atoms with Gasteiger partial charge in [-0.1, -0.05) is 35.6 Å². The van der Waals surface area contributed by atoms with Crippen molar-refractivity contribution in [1.82, 2.24) is 14.3 Å². The molecule has 0 radical (unpaired) electrons. The molecule has 35 heavy (non-hydrogen) atoms. The Morgan fingerprint density at radius 3 is 2.57 bits per heavy atom. The fourth-order valence-electron chi connectivity index (χ4n) is 4.41. The molecule has 1 amide bonds.